The zero-order valence-corrected chi connectivity index (χ0v) is 22.8. The molecule has 3 rings (SSSR count). The van der Waals surface area contributed by atoms with Crippen LogP contribution >= 0.6 is 11.8 Å². The fourth-order valence-electron chi connectivity index (χ4n) is 4.61. The lowest BCUT2D eigenvalue weighted by atomic mass is 9.92. The number of hydrogen-bond acceptors (Lipinski definition) is 3. The Morgan fingerprint density at radius 1 is 1.05 bits per heavy atom. The van der Waals surface area contributed by atoms with Crippen LogP contribution in [0.1, 0.15) is 60.5 Å². The molecular formula is C27H31F7N2O2S. The first-order valence-electron chi connectivity index (χ1n) is 12.3. The normalized spacial score (nSPS) is 18.8. The van der Waals surface area contributed by atoms with Gasteiger partial charge in [-0.3, -0.25) is 0 Å². The number of thioether (sulfide) groups is 1. The highest BCUT2D eigenvalue weighted by Crippen LogP contribution is 2.40. The summed E-state index contributed by atoms with van der Waals surface area (Å²) in [5, 5.41) is 10.2. The third kappa shape index (κ3) is 8.26. The number of nitrogens with zero attached hydrogens (tertiary/aromatic N) is 2. The molecule has 216 valence electrons. The number of carbonyl (C=O) groups is 1. The predicted octanol–water partition coefficient (Wildman–Crippen LogP) is 7.43. The second-order valence-corrected chi connectivity index (χ2v) is 11.8. The largest absolute Gasteiger partial charge is 0.416 e. The molecule has 2 atom stereocenters. The smallest absolute Gasteiger partial charge is 0.390 e. The summed E-state index contributed by atoms with van der Waals surface area (Å²) in [4.78, 5) is 16.2. The fourth-order valence-corrected chi connectivity index (χ4v) is 5.85. The summed E-state index contributed by atoms with van der Waals surface area (Å²) >= 11 is 1.56. The van der Waals surface area contributed by atoms with E-state index >= 15 is 0 Å². The molecule has 0 unspecified atom stereocenters. The molecule has 2 aromatic rings. The number of urea groups is 1. The molecule has 2 aromatic carbocycles. The molecule has 39 heavy (non-hydrogen) atoms. The number of halogens is 7. The number of piperidine rings is 1. The van der Waals surface area contributed by atoms with Gasteiger partial charge in [0.2, 0.25) is 0 Å². The van der Waals surface area contributed by atoms with Crippen LogP contribution in [0.25, 0.3) is 0 Å². The van der Waals surface area contributed by atoms with Gasteiger partial charge < -0.3 is 14.9 Å². The topological polar surface area (TPSA) is 43.8 Å². The summed E-state index contributed by atoms with van der Waals surface area (Å²) < 4.78 is 93.6. The van der Waals surface area contributed by atoms with Crippen LogP contribution in [-0.2, 0) is 18.9 Å². The summed E-state index contributed by atoms with van der Waals surface area (Å²) in [5.74, 6) is 0.0117. The van der Waals surface area contributed by atoms with E-state index in [4.69, 9.17) is 0 Å². The molecule has 2 amide bonds. The van der Waals surface area contributed by atoms with Gasteiger partial charge in [0.1, 0.15) is 5.82 Å². The average Bonchev–Trinajstić information content (AvgIpc) is 2.80. The quantitative estimate of drug-likeness (QED) is 0.362. The number of alkyl halides is 6. The van der Waals surface area contributed by atoms with E-state index in [0.29, 0.717) is 41.9 Å². The summed E-state index contributed by atoms with van der Waals surface area (Å²) in [5.41, 5.74) is -2.79. The molecule has 0 aliphatic carbocycles. The maximum atomic E-state index is 13.8. The summed E-state index contributed by atoms with van der Waals surface area (Å²) in [6, 6.07) is 4.41. The Bertz CT molecular complexity index is 1150. The van der Waals surface area contributed by atoms with Crippen molar-refractivity contribution in [1.29, 1.82) is 0 Å². The number of amides is 2. The standard InChI is InChI=1S/C27H31F7N2O2S/c1-16-9-20(28)5-6-22(16)23-13-21(39-15-25(2,3)38)7-8-36(23)24(37)35(4)14-17-10-18(26(29,30)31)12-19(11-17)27(32,33)34/h5-6,9-12,21,23,38H,7-8,13-15H2,1-4H3/t21-,23+/m0/s1. The molecule has 1 aliphatic heterocycles. The molecule has 1 saturated heterocycles. The highest BCUT2D eigenvalue weighted by molar-refractivity contribution is 7.99. The maximum Gasteiger partial charge on any atom is 0.416 e. The van der Waals surface area contributed by atoms with Crippen molar-refractivity contribution in [3.8, 4) is 0 Å². The van der Waals surface area contributed by atoms with Crippen LogP contribution in [0.5, 0.6) is 0 Å². The van der Waals surface area contributed by atoms with E-state index in [1.54, 1.807) is 38.6 Å². The van der Waals surface area contributed by atoms with Gasteiger partial charge in [0, 0.05) is 31.1 Å². The Morgan fingerprint density at radius 2 is 1.64 bits per heavy atom. The predicted molar refractivity (Wildman–Crippen MR) is 136 cm³/mol. The van der Waals surface area contributed by atoms with E-state index in [-0.39, 0.29) is 23.4 Å². The minimum atomic E-state index is -4.99. The first-order chi connectivity index (χ1) is 17.8. The average molecular weight is 581 g/mol. The van der Waals surface area contributed by atoms with Gasteiger partial charge in [-0.25, -0.2) is 9.18 Å². The Hall–Kier alpha value is -2.47. The van der Waals surface area contributed by atoms with E-state index in [1.165, 1.54) is 24.1 Å². The highest BCUT2D eigenvalue weighted by atomic mass is 32.2. The van der Waals surface area contributed by atoms with E-state index in [2.05, 4.69) is 0 Å². The number of likely N-dealkylation sites (tertiary alicyclic amines) is 1. The van der Waals surface area contributed by atoms with Crippen molar-refractivity contribution in [3.63, 3.8) is 0 Å². The number of benzene rings is 2. The number of rotatable bonds is 6. The third-order valence-corrected chi connectivity index (χ3v) is 8.23. The zero-order valence-electron chi connectivity index (χ0n) is 22.0. The SMILES string of the molecule is Cc1cc(F)ccc1[C@H]1C[C@@H](SCC(C)(C)O)CCN1C(=O)N(C)Cc1cc(C(F)(F)F)cc(C(F)(F)F)c1. The monoisotopic (exact) mass is 580 g/mol. The molecule has 1 N–H and O–H groups in total. The molecule has 0 aromatic heterocycles. The number of aryl methyl sites for hydroxylation is 1. The lowest BCUT2D eigenvalue weighted by Crippen LogP contribution is -2.47. The first-order valence-corrected chi connectivity index (χ1v) is 13.3. The summed E-state index contributed by atoms with van der Waals surface area (Å²) in [6.07, 6.45) is -8.94. The third-order valence-electron chi connectivity index (χ3n) is 6.46. The minimum absolute atomic E-state index is 0.0504. The van der Waals surface area contributed by atoms with Gasteiger partial charge in [0.15, 0.2) is 0 Å². The van der Waals surface area contributed by atoms with Crippen LogP contribution < -0.4 is 0 Å². The molecule has 1 heterocycles. The molecule has 1 fully saturated rings. The van der Waals surface area contributed by atoms with E-state index in [9.17, 15) is 40.6 Å². The van der Waals surface area contributed by atoms with Crippen molar-refractivity contribution < 1.29 is 40.6 Å². The minimum Gasteiger partial charge on any atom is -0.390 e. The van der Waals surface area contributed by atoms with Gasteiger partial charge in [-0.05, 0) is 80.6 Å². The van der Waals surface area contributed by atoms with Crippen molar-refractivity contribution in [1.82, 2.24) is 9.80 Å². The van der Waals surface area contributed by atoms with Gasteiger partial charge in [0.25, 0.3) is 0 Å². The van der Waals surface area contributed by atoms with Crippen LogP contribution in [0.15, 0.2) is 36.4 Å². The van der Waals surface area contributed by atoms with Crippen molar-refractivity contribution in [3.05, 3.63) is 70.0 Å². The van der Waals surface area contributed by atoms with E-state index < -0.39 is 53.5 Å². The molecule has 0 radical (unpaired) electrons. The Labute approximate surface area is 227 Å². The second kappa shape index (κ2) is 11.6. The van der Waals surface area contributed by atoms with Crippen LogP contribution in [0.3, 0.4) is 0 Å². The van der Waals surface area contributed by atoms with E-state index in [0.717, 1.165) is 4.90 Å². The van der Waals surface area contributed by atoms with Crippen LogP contribution in [-0.4, -0.2) is 51.1 Å². The zero-order chi connectivity index (χ0) is 29.3. The lowest BCUT2D eigenvalue weighted by molar-refractivity contribution is -0.143. The van der Waals surface area contributed by atoms with Gasteiger partial charge in [-0.15, -0.1) is 0 Å². The molecular weight excluding hydrogens is 549 g/mol. The molecule has 4 nitrogen and oxygen atoms in total. The highest BCUT2D eigenvalue weighted by Gasteiger charge is 2.38. The molecule has 0 saturated carbocycles. The summed E-state index contributed by atoms with van der Waals surface area (Å²) in [6.45, 7) is 4.87. The van der Waals surface area contributed by atoms with Gasteiger partial charge in [-0.1, -0.05) is 6.07 Å². The van der Waals surface area contributed by atoms with Crippen LogP contribution in [0.2, 0.25) is 0 Å². The molecule has 1 aliphatic rings. The van der Waals surface area contributed by atoms with E-state index in [1.807, 2.05) is 0 Å². The van der Waals surface area contributed by atoms with Crippen molar-refractivity contribution in [2.24, 2.45) is 0 Å². The van der Waals surface area contributed by atoms with Crippen LogP contribution in [0, 0.1) is 12.7 Å². The number of carbonyl (C=O) groups excluding carboxylic acids is 1. The van der Waals surface area contributed by atoms with Crippen molar-refractivity contribution >= 4 is 17.8 Å². The van der Waals surface area contributed by atoms with Crippen molar-refractivity contribution in [2.75, 3.05) is 19.3 Å². The second-order valence-electron chi connectivity index (χ2n) is 10.5. The first kappa shape index (κ1) is 31.1. The Kier molecular flexibility index (Phi) is 9.21. The fraction of sp³-hybridized carbons (Fsp3) is 0.519. The van der Waals surface area contributed by atoms with Gasteiger partial charge >= 0.3 is 18.4 Å². The van der Waals surface area contributed by atoms with Crippen molar-refractivity contribution in [2.45, 2.75) is 69.4 Å². The molecule has 0 spiro atoms. The van der Waals surface area contributed by atoms with Gasteiger partial charge in [-0.2, -0.15) is 38.1 Å². The van der Waals surface area contributed by atoms with Gasteiger partial charge in [0.05, 0.1) is 22.8 Å². The maximum absolute atomic E-state index is 13.8. The summed E-state index contributed by atoms with van der Waals surface area (Å²) in [7, 11) is 1.32. The Morgan fingerprint density at radius 3 is 2.15 bits per heavy atom. The lowest BCUT2D eigenvalue weighted by Gasteiger charge is -2.42. The molecule has 12 heteroatoms. The van der Waals surface area contributed by atoms with Crippen LogP contribution in [0.4, 0.5) is 35.5 Å². The Balaban J connectivity index is 1.89. The molecule has 0 bridgehead atoms. The number of hydrogen-bond donors (Lipinski definition) is 1. The number of aliphatic hydroxyl groups is 1.